The van der Waals surface area contributed by atoms with E-state index in [1.54, 1.807) is 17.0 Å². The zero-order chi connectivity index (χ0) is 21.8. The summed E-state index contributed by atoms with van der Waals surface area (Å²) in [6.07, 6.45) is 2.91. The van der Waals surface area contributed by atoms with Crippen LogP contribution in [-0.2, 0) is 4.79 Å². The number of hydrogen-bond acceptors (Lipinski definition) is 6. The number of piperidine rings is 1. The third kappa shape index (κ3) is 4.68. The number of carbonyl (C=O) groups is 2. The van der Waals surface area contributed by atoms with Gasteiger partial charge < -0.3 is 19.2 Å². The Labute approximate surface area is 180 Å². The van der Waals surface area contributed by atoms with Gasteiger partial charge >= 0.3 is 0 Å². The molecule has 1 saturated heterocycles. The van der Waals surface area contributed by atoms with Crippen LogP contribution in [0.1, 0.15) is 49.1 Å². The predicted molar refractivity (Wildman–Crippen MR) is 113 cm³/mol. The molecule has 31 heavy (non-hydrogen) atoms. The van der Waals surface area contributed by atoms with E-state index in [4.69, 9.17) is 8.94 Å². The number of rotatable bonds is 6. The van der Waals surface area contributed by atoms with Crippen LogP contribution in [0.4, 0.5) is 0 Å². The summed E-state index contributed by atoms with van der Waals surface area (Å²) in [6.45, 7) is 4.99. The van der Waals surface area contributed by atoms with Gasteiger partial charge in [0.1, 0.15) is 6.04 Å². The average molecular weight is 422 g/mol. The van der Waals surface area contributed by atoms with Crippen molar-refractivity contribution in [2.24, 2.45) is 5.92 Å². The van der Waals surface area contributed by atoms with Gasteiger partial charge in [-0.05, 0) is 30.9 Å². The Balaban J connectivity index is 1.36. The van der Waals surface area contributed by atoms with E-state index in [1.807, 2.05) is 44.2 Å². The lowest BCUT2D eigenvalue weighted by molar-refractivity contribution is -0.135. The Morgan fingerprint density at radius 2 is 1.84 bits per heavy atom. The Kier molecular flexibility index (Phi) is 6.16. The van der Waals surface area contributed by atoms with Gasteiger partial charge in [-0.15, -0.1) is 0 Å². The normalized spacial score (nSPS) is 15.8. The number of nitrogens with zero attached hydrogens (tertiary/aromatic N) is 3. The highest BCUT2D eigenvalue weighted by Gasteiger charge is 2.33. The monoisotopic (exact) mass is 422 g/mol. The van der Waals surface area contributed by atoms with Gasteiger partial charge in [-0.2, -0.15) is 4.98 Å². The van der Waals surface area contributed by atoms with Crippen molar-refractivity contribution in [2.75, 3.05) is 13.1 Å². The number of nitrogens with one attached hydrogen (secondary N) is 1. The second-order valence-electron chi connectivity index (χ2n) is 8.09. The second-order valence-corrected chi connectivity index (χ2v) is 8.09. The quantitative estimate of drug-likeness (QED) is 0.652. The van der Waals surface area contributed by atoms with Crippen LogP contribution in [0.25, 0.3) is 11.4 Å². The molecular weight excluding hydrogens is 396 g/mol. The molecule has 3 aromatic rings. The zero-order valence-electron chi connectivity index (χ0n) is 17.7. The summed E-state index contributed by atoms with van der Waals surface area (Å²) in [5, 5.41) is 6.92. The van der Waals surface area contributed by atoms with E-state index in [0.717, 1.165) is 18.4 Å². The highest BCUT2D eigenvalue weighted by molar-refractivity contribution is 5.95. The maximum atomic E-state index is 13.1. The molecule has 1 aromatic carbocycles. The molecule has 1 aliphatic heterocycles. The summed E-state index contributed by atoms with van der Waals surface area (Å²) in [5.74, 6) is 0.989. The van der Waals surface area contributed by atoms with Crippen molar-refractivity contribution >= 4 is 11.8 Å². The SMILES string of the molecule is CC(C)[C@H](NC(=O)c1ccco1)C(=O)N1CCC(c2nc(-c3ccccc3)no2)CC1. The molecule has 0 unspecified atom stereocenters. The number of aromatic nitrogens is 2. The molecule has 8 heteroatoms. The lowest BCUT2D eigenvalue weighted by Gasteiger charge is -2.34. The first kappa shape index (κ1) is 20.8. The van der Waals surface area contributed by atoms with E-state index >= 15 is 0 Å². The fraction of sp³-hybridized carbons (Fsp3) is 0.391. The topological polar surface area (TPSA) is 101 Å². The maximum Gasteiger partial charge on any atom is 0.287 e. The van der Waals surface area contributed by atoms with Crippen LogP contribution in [0.3, 0.4) is 0 Å². The molecule has 1 aliphatic rings. The van der Waals surface area contributed by atoms with Gasteiger partial charge in [0.05, 0.1) is 6.26 Å². The number of furan rings is 1. The van der Waals surface area contributed by atoms with Gasteiger partial charge in [-0.25, -0.2) is 0 Å². The summed E-state index contributed by atoms with van der Waals surface area (Å²) < 4.78 is 10.6. The van der Waals surface area contributed by atoms with Gasteiger partial charge in [-0.3, -0.25) is 9.59 Å². The minimum Gasteiger partial charge on any atom is -0.459 e. The zero-order valence-corrected chi connectivity index (χ0v) is 17.7. The molecule has 4 rings (SSSR count). The number of amides is 2. The van der Waals surface area contributed by atoms with E-state index in [2.05, 4.69) is 15.5 Å². The molecule has 0 spiro atoms. The van der Waals surface area contributed by atoms with Gasteiger partial charge in [-0.1, -0.05) is 49.3 Å². The van der Waals surface area contributed by atoms with E-state index in [1.165, 1.54) is 6.26 Å². The van der Waals surface area contributed by atoms with Crippen molar-refractivity contribution in [3.63, 3.8) is 0 Å². The first-order valence-electron chi connectivity index (χ1n) is 10.5. The predicted octanol–water partition coefficient (Wildman–Crippen LogP) is 3.49. The molecule has 2 amide bonds. The average Bonchev–Trinajstić information content (AvgIpc) is 3.50. The molecule has 162 valence electrons. The van der Waals surface area contributed by atoms with Gasteiger partial charge in [0, 0.05) is 24.6 Å². The smallest absolute Gasteiger partial charge is 0.287 e. The van der Waals surface area contributed by atoms with E-state index < -0.39 is 6.04 Å². The summed E-state index contributed by atoms with van der Waals surface area (Å²) in [7, 11) is 0. The van der Waals surface area contributed by atoms with Crippen molar-refractivity contribution < 1.29 is 18.5 Å². The minimum atomic E-state index is -0.609. The van der Waals surface area contributed by atoms with Crippen LogP contribution in [0.15, 0.2) is 57.7 Å². The summed E-state index contributed by atoms with van der Waals surface area (Å²) in [6, 6.07) is 12.3. The van der Waals surface area contributed by atoms with Crippen LogP contribution in [-0.4, -0.2) is 46.0 Å². The van der Waals surface area contributed by atoms with Crippen LogP contribution >= 0.6 is 0 Å². The van der Waals surface area contributed by atoms with E-state index in [9.17, 15) is 9.59 Å². The highest BCUT2D eigenvalue weighted by Crippen LogP contribution is 2.29. The Morgan fingerprint density at radius 3 is 2.48 bits per heavy atom. The molecule has 8 nitrogen and oxygen atoms in total. The van der Waals surface area contributed by atoms with Crippen LogP contribution < -0.4 is 5.32 Å². The molecule has 1 atom stereocenters. The Hall–Kier alpha value is -3.42. The van der Waals surface area contributed by atoms with Crippen molar-refractivity contribution in [3.8, 4) is 11.4 Å². The third-order valence-electron chi connectivity index (χ3n) is 5.59. The summed E-state index contributed by atoms with van der Waals surface area (Å²) >= 11 is 0. The third-order valence-corrected chi connectivity index (χ3v) is 5.59. The van der Waals surface area contributed by atoms with Crippen LogP contribution in [0, 0.1) is 5.92 Å². The number of likely N-dealkylation sites (tertiary alicyclic amines) is 1. The summed E-state index contributed by atoms with van der Waals surface area (Å²) in [5.41, 5.74) is 0.914. The van der Waals surface area contributed by atoms with Crippen molar-refractivity contribution in [1.82, 2.24) is 20.4 Å². The van der Waals surface area contributed by atoms with E-state index in [-0.39, 0.29) is 29.4 Å². The molecule has 0 radical (unpaired) electrons. The first-order valence-corrected chi connectivity index (χ1v) is 10.5. The molecule has 1 fully saturated rings. The fourth-order valence-electron chi connectivity index (χ4n) is 3.78. The van der Waals surface area contributed by atoms with Crippen molar-refractivity contribution in [3.05, 3.63) is 60.4 Å². The number of carbonyl (C=O) groups excluding carboxylic acids is 2. The molecule has 3 heterocycles. The number of hydrogen-bond donors (Lipinski definition) is 1. The minimum absolute atomic E-state index is 0.0477. The lowest BCUT2D eigenvalue weighted by atomic mass is 9.95. The van der Waals surface area contributed by atoms with Gasteiger partial charge in [0.25, 0.3) is 5.91 Å². The van der Waals surface area contributed by atoms with E-state index in [0.29, 0.717) is 24.8 Å². The fourth-order valence-corrected chi connectivity index (χ4v) is 3.78. The molecular formula is C23H26N4O4. The first-order chi connectivity index (χ1) is 15.0. The van der Waals surface area contributed by atoms with Crippen molar-refractivity contribution in [1.29, 1.82) is 0 Å². The number of benzene rings is 1. The largest absolute Gasteiger partial charge is 0.459 e. The maximum absolute atomic E-state index is 13.1. The molecule has 2 aromatic heterocycles. The van der Waals surface area contributed by atoms with Crippen LogP contribution in [0.5, 0.6) is 0 Å². The van der Waals surface area contributed by atoms with Gasteiger partial charge in [0.15, 0.2) is 5.76 Å². The molecule has 0 aliphatic carbocycles. The standard InChI is InChI=1S/C23H26N4O4/c1-15(2)19(24-21(28)18-9-6-14-30-18)23(29)27-12-10-17(11-13-27)22-25-20(26-31-22)16-7-4-3-5-8-16/h3-9,14-15,17,19H,10-13H2,1-2H3,(H,24,28)/t19-/m0/s1. The Morgan fingerprint density at radius 1 is 1.10 bits per heavy atom. The van der Waals surface area contributed by atoms with Gasteiger partial charge in [0.2, 0.25) is 17.6 Å². The van der Waals surface area contributed by atoms with Crippen molar-refractivity contribution in [2.45, 2.75) is 38.6 Å². The van der Waals surface area contributed by atoms with Crippen LogP contribution in [0.2, 0.25) is 0 Å². The Bertz CT molecular complexity index is 1010. The summed E-state index contributed by atoms with van der Waals surface area (Å²) in [4.78, 5) is 31.8. The molecule has 0 saturated carbocycles. The molecule has 1 N–H and O–H groups in total. The molecule has 0 bridgehead atoms. The lowest BCUT2D eigenvalue weighted by Crippen LogP contribution is -2.52. The second kappa shape index (κ2) is 9.16. The highest BCUT2D eigenvalue weighted by atomic mass is 16.5.